The third-order valence-electron chi connectivity index (χ3n) is 9.45. The molecule has 0 unspecified atom stereocenters. The van der Waals surface area contributed by atoms with Gasteiger partial charge >= 0.3 is 0 Å². The zero-order chi connectivity index (χ0) is 30.2. The van der Waals surface area contributed by atoms with Crippen LogP contribution < -0.4 is 0 Å². The normalized spacial score (nSPS) is 12.3. The average molecular weight is 603 g/mol. The monoisotopic (exact) mass is 602 g/mol. The van der Waals surface area contributed by atoms with Crippen LogP contribution in [0.15, 0.2) is 172 Å². The molecule has 0 bridgehead atoms. The fourth-order valence-electron chi connectivity index (χ4n) is 7.36. The van der Waals surface area contributed by atoms with Gasteiger partial charge in [-0.3, -0.25) is 0 Å². The van der Waals surface area contributed by atoms with Gasteiger partial charge < -0.3 is 4.42 Å². The molecule has 0 atom stereocenters. The summed E-state index contributed by atoms with van der Waals surface area (Å²) in [6, 6.07) is 57.3. The molecule has 0 radical (unpaired) electrons. The highest BCUT2D eigenvalue weighted by atomic mass is 32.2. The summed E-state index contributed by atoms with van der Waals surface area (Å²) in [5.41, 5.74) is 11.7. The first kappa shape index (κ1) is 25.7. The molecular weight excluding hydrogens is 577 g/mol. The molecule has 0 spiro atoms. The smallest absolute Gasteiger partial charge is 0.143 e. The van der Waals surface area contributed by atoms with Crippen molar-refractivity contribution in [3.63, 3.8) is 0 Å². The third kappa shape index (κ3) is 3.84. The first-order chi connectivity index (χ1) is 22.8. The Kier molecular flexibility index (Phi) is 5.58. The summed E-state index contributed by atoms with van der Waals surface area (Å²) in [6.07, 6.45) is 0. The zero-order valence-corrected chi connectivity index (χ0v) is 25.6. The van der Waals surface area contributed by atoms with E-state index in [9.17, 15) is 0 Å². The number of benzene rings is 8. The Balaban J connectivity index is 1.25. The predicted molar refractivity (Wildman–Crippen MR) is 195 cm³/mol. The number of fused-ring (bicyclic) bond motifs is 7. The van der Waals surface area contributed by atoms with Crippen LogP contribution in [0.4, 0.5) is 0 Å². The van der Waals surface area contributed by atoms with Gasteiger partial charge in [0.05, 0.1) is 0 Å². The molecule has 0 aliphatic carbocycles. The van der Waals surface area contributed by atoms with Crippen molar-refractivity contribution in [2.45, 2.75) is 9.79 Å². The second-order valence-electron chi connectivity index (χ2n) is 12.0. The predicted octanol–water partition coefficient (Wildman–Crippen LogP) is 13.0. The van der Waals surface area contributed by atoms with Crippen LogP contribution in [-0.2, 0) is 0 Å². The van der Waals surface area contributed by atoms with Crippen molar-refractivity contribution in [2.75, 3.05) is 0 Å². The summed E-state index contributed by atoms with van der Waals surface area (Å²) in [6.45, 7) is 0. The highest BCUT2D eigenvalue weighted by Crippen LogP contribution is 2.50. The molecule has 1 nitrogen and oxygen atoms in total. The summed E-state index contributed by atoms with van der Waals surface area (Å²) < 4.78 is 6.59. The van der Waals surface area contributed by atoms with E-state index < -0.39 is 0 Å². The first-order valence-corrected chi connectivity index (χ1v) is 16.5. The number of hydrogen-bond donors (Lipinski definition) is 0. The third-order valence-corrected chi connectivity index (χ3v) is 10.6. The summed E-state index contributed by atoms with van der Waals surface area (Å²) >= 11 is 1.87. The molecule has 0 saturated heterocycles. The topological polar surface area (TPSA) is 13.1 Å². The van der Waals surface area contributed by atoms with E-state index in [4.69, 9.17) is 4.42 Å². The van der Waals surface area contributed by atoms with Crippen molar-refractivity contribution < 1.29 is 4.42 Å². The minimum Gasteiger partial charge on any atom is -0.455 e. The molecule has 0 fully saturated rings. The molecule has 10 rings (SSSR count). The van der Waals surface area contributed by atoms with E-state index >= 15 is 0 Å². The Morgan fingerprint density at radius 1 is 0.370 bits per heavy atom. The largest absolute Gasteiger partial charge is 0.455 e. The second-order valence-corrected chi connectivity index (χ2v) is 13.1. The molecule has 8 aromatic carbocycles. The van der Waals surface area contributed by atoms with Crippen LogP contribution in [0.25, 0.3) is 88.0 Å². The Morgan fingerprint density at radius 2 is 1.09 bits per heavy atom. The van der Waals surface area contributed by atoms with Gasteiger partial charge in [-0.2, -0.15) is 0 Å². The highest BCUT2D eigenvalue weighted by molar-refractivity contribution is 7.99. The Bertz CT molecular complexity index is 2660. The zero-order valence-electron chi connectivity index (χ0n) is 24.8. The number of hydrogen-bond acceptors (Lipinski definition) is 2. The van der Waals surface area contributed by atoms with Crippen LogP contribution in [0.1, 0.15) is 0 Å². The van der Waals surface area contributed by atoms with Gasteiger partial charge in [-0.05, 0) is 97.7 Å². The van der Waals surface area contributed by atoms with Gasteiger partial charge in [0.25, 0.3) is 0 Å². The van der Waals surface area contributed by atoms with Crippen molar-refractivity contribution in [2.24, 2.45) is 0 Å². The first-order valence-electron chi connectivity index (χ1n) is 15.7. The molecule has 0 amide bonds. The van der Waals surface area contributed by atoms with Crippen molar-refractivity contribution in [1.82, 2.24) is 0 Å². The molecule has 0 N–H and O–H groups in total. The van der Waals surface area contributed by atoms with E-state index in [0.717, 1.165) is 27.3 Å². The fraction of sp³-hybridized carbons (Fsp3) is 0. The van der Waals surface area contributed by atoms with Crippen LogP contribution in [0.2, 0.25) is 0 Å². The van der Waals surface area contributed by atoms with Crippen LogP contribution in [-0.4, -0.2) is 0 Å². The quantitative estimate of drug-likeness (QED) is 0.200. The standard InChI is InChI=1S/C44H26OS/c1-2-10-27(11-3-1)29-24-30(32-22-23-41-43-36(32)16-8-17-37(43)35-14-6-7-19-40(35)46-41)26-31(25-29)33-15-9-18-39-42(33)38-21-20-28-12-4-5-13-34(28)44(38)45-39/h1-26H. The molecule has 2 heterocycles. The Hall–Kier alpha value is -5.57. The maximum Gasteiger partial charge on any atom is 0.143 e. The van der Waals surface area contributed by atoms with Gasteiger partial charge in [0.1, 0.15) is 11.2 Å². The highest BCUT2D eigenvalue weighted by Gasteiger charge is 2.21. The van der Waals surface area contributed by atoms with E-state index in [2.05, 4.69) is 158 Å². The molecule has 2 heteroatoms. The SMILES string of the molecule is c1ccc(-c2cc(-c3ccc4c5c(cccc35)-c3ccccc3S4)cc(-c3cccc4oc5c6ccccc6ccc5c34)c2)cc1. The van der Waals surface area contributed by atoms with E-state index in [-0.39, 0.29) is 0 Å². The summed E-state index contributed by atoms with van der Waals surface area (Å²) in [7, 11) is 0. The average Bonchev–Trinajstić information content (AvgIpc) is 3.52. The summed E-state index contributed by atoms with van der Waals surface area (Å²) in [5, 5.41) is 7.26. The lowest BCUT2D eigenvalue weighted by atomic mass is 9.88. The fourth-order valence-corrected chi connectivity index (χ4v) is 8.49. The van der Waals surface area contributed by atoms with Crippen LogP contribution in [0.5, 0.6) is 0 Å². The molecule has 46 heavy (non-hydrogen) atoms. The van der Waals surface area contributed by atoms with Crippen LogP contribution in [0, 0.1) is 0 Å². The maximum absolute atomic E-state index is 6.59. The summed E-state index contributed by atoms with van der Waals surface area (Å²) in [4.78, 5) is 2.63. The van der Waals surface area contributed by atoms with E-state index in [1.54, 1.807) is 0 Å². The molecule has 0 saturated carbocycles. The molecule has 1 aliphatic rings. The van der Waals surface area contributed by atoms with Gasteiger partial charge in [-0.1, -0.05) is 127 Å². The van der Waals surface area contributed by atoms with Gasteiger partial charge in [0, 0.05) is 31.3 Å². The second kappa shape index (κ2) is 9.97. The van der Waals surface area contributed by atoms with Crippen molar-refractivity contribution in [3.8, 4) is 44.5 Å². The van der Waals surface area contributed by atoms with Crippen LogP contribution >= 0.6 is 11.8 Å². The van der Waals surface area contributed by atoms with Crippen molar-refractivity contribution >= 4 is 55.2 Å². The molecule has 1 aromatic heterocycles. The van der Waals surface area contributed by atoms with Crippen molar-refractivity contribution in [1.29, 1.82) is 0 Å². The number of rotatable bonds is 3. The Morgan fingerprint density at radius 3 is 2.02 bits per heavy atom. The Labute approximate surface area is 270 Å². The van der Waals surface area contributed by atoms with Crippen molar-refractivity contribution in [3.05, 3.63) is 158 Å². The molecule has 214 valence electrons. The van der Waals surface area contributed by atoms with Gasteiger partial charge in [0.15, 0.2) is 0 Å². The van der Waals surface area contributed by atoms with E-state index in [1.807, 2.05) is 11.8 Å². The van der Waals surface area contributed by atoms with Gasteiger partial charge in [0.2, 0.25) is 0 Å². The lowest BCUT2D eigenvalue weighted by Gasteiger charge is -2.22. The minimum absolute atomic E-state index is 0.910. The lowest BCUT2D eigenvalue weighted by molar-refractivity contribution is 0.673. The maximum atomic E-state index is 6.59. The molecule has 1 aliphatic heterocycles. The van der Waals surface area contributed by atoms with E-state index in [1.165, 1.54) is 70.5 Å². The van der Waals surface area contributed by atoms with Crippen LogP contribution in [0.3, 0.4) is 0 Å². The number of furan rings is 1. The molecular formula is C44H26OS. The van der Waals surface area contributed by atoms with Gasteiger partial charge in [-0.15, -0.1) is 0 Å². The summed E-state index contributed by atoms with van der Waals surface area (Å²) in [5.74, 6) is 0. The van der Waals surface area contributed by atoms with Gasteiger partial charge in [-0.25, -0.2) is 0 Å². The molecule has 9 aromatic rings. The lowest BCUT2D eigenvalue weighted by Crippen LogP contribution is -1.94. The minimum atomic E-state index is 0.910. The van der Waals surface area contributed by atoms with E-state index in [0.29, 0.717) is 0 Å².